The molecule has 3 heteroatoms. The summed E-state index contributed by atoms with van der Waals surface area (Å²) in [7, 11) is 1.92. The molecule has 0 saturated heterocycles. The molecule has 25 heavy (non-hydrogen) atoms. The van der Waals surface area contributed by atoms with Crippen molar-refractivity contribution < 1.29 is 4.42 Å². The van der Waals surface area contributed by atoms with Crippen molar-refractivity contribution in [2.75, 3.05) is 12.4 Å². The number of oxazole rings is 1. The number of aryl methyl sites for hydroxylation is 1. The van der Waals surface area contributed by atoms with Crippen LogP contribution in [-0.2, 0) is 11.8 Å². The Bertz CT molecular complexity index is 837. The molecule has 0 saturated carbocycles. The lowest BCUT2D eigenvalue weighted by Gasteiger charge is -2.18. The third kappa shape index (κ3) is 3.60. The minimum atomic E-state index is 0.143. The number of benzene rings is 2. The fraction of sp³-hybridized carbons (Fsp3) is 0.318. The van der Waals surface area contributed by atoms with Crippen LogP contribution in [0.1, 0.15) is 39.0 Å². The van der Waals surface area contributed by atoms with E-state index in [-0.39, 0.29) is 5.41 Å². The molecule has 1 heterocycles. The van der Waals surface area contributed by atoms with E-state index in [0.717, 1.165) is 34.7 Å². The molecule has 0 radical (unpaired) electrons. The molecule has 0 spiro atoms. The summed E-state index contributed by atoms with van der Waals surface area (Å²) in [5.74, 6) is 1.55. The van der Waals surface area contributed by atoms with Gasteiger partial charge in [0.25, 0.3) is 0 Å². The van der Waals surface area contributed by atoms with Gasteiger partial charge in [0, 0.05) is 23.9 Å². The van der Waals surface area contributed by atoms with E-state index in [2.05, 4.69) is 81.5 Å². The SMILES string of the molecule is CCc1nc(-c2ccc(C(C)(C)C)cc2)oc1-c1ccc(NC)cc1. The normalized spacial score (nSPS) is 11.6. The molecule has 3 nitrogen and oxygen atoms in total. The zero-order valence-electron chi connectivity index (χ0n) is 15.7. The Balaban J connectivity index is 1.97. The number of aromatic nitrogens is 1. The van der Waals surface area contributed by atoms with Crippen LogP contribution in [0.2, 0.25) is 0 Å². The van der Waals surface area contributed by atoms with Gasteiger partial charge in [-0.15, -0.1) is 0 Å². The number of hydrogen-bond donors (Lipinski definition) is 1. The maximum atomic E-state index is 6.15. The summed E-state index contributed by atoms with van der Waals surface area (Å²) in [5.41, 5.74) is 5.60. The van der Waals surface area contributed by atoms with E-state index >= 15 is 0 Å². The smallest absolute Gasteiger partial charge is 0.227 e. The van der Waals surface area contributed by atoms with Crippen molar-refractivity contribution in [1.82, 2.24) is 4.98 Å². The number of rotatable bonds is 4. The summed E-state index contributed by atoms with van der Waals surface area (Å²) >= 11 is 0. The molecule has 0 fully saturated rings. The van der Waals surface area contributed by atoms with Gasteiger partial charge in [-0.3, -0.25) is 0 Å². The molecule has 1 aromatic heterocycles. The van der Waals surface area contributed by atoms with Crippen LogP contribution in [0.15, 0.2) is 52.9 Å². The van der Waals surface area contributed by atoms with Crippen molar-refractivity contribution in [2.45, 2.75) is 39.5 Å². The van der Waals surface area contributed by atoms with Gasteiger partial charge < -0.3 is 9.73 Å². The molecule has 2 aromatic carbocycles. The molecule has 0 aliphatic heterocycles. The van der Waals surface area contributed by atoms with E-state index in [1.165, 1.54) is 5.56 Å². The van der Waals surface area contributed by atoms with Crippen molar-refractivity contribution in [2.24, 2.45) is 0 Å². The topological polar surface area (TPSA) is 38.1 Å². The van der Waals surface area contributed by atoms with E-state index in [1.807, 2.05) is 7.05 Å². The summed E-state index contributed by atoms with van der Waals surface area (Å²) in [4.78, 5) is 4.73. The fourth-order valence-electron chi connectivity index (χ4n) is 2.84. The van der Waals surface area contributed by atoms with E-state index in [0.29, 0.717) is 5.89 Å². The third-order valence-electron chi connectivity index (χ3n) is 4.47. The van der Waals surface area contributed by atoms with E-state index in [4.69, 9.17) is 9.40 Å². The highest BCUT2D eigenvalue weighted by Crippen LogP contribution is 2.32. The van der Waals surface area contributed by atoms with Gasteiger partial charge in [-0.2, -0.15) is 0 Å². The first-order valence-electron chi connectivity index (χ1n) is 8.81. The Hall–Kier alpha value is -2.55. The highest BCUT2D eigenvalue weighted by atomic mass is 16.4. The van der Waals surface area contributed by atoms with Crippen molar-refractivity contribution in [3.8, 4) is 22.8 Å². The molecule has 3 rings (SSSR count). The maximum absolute atomic E-state index is 6.15. The third-order valence-corrected chi connectivity index (χ3v) is 4.47. The number of nitrogens with zero attached hydrogens (tertiary/aromatic N) is 1. The molecule has 0 aliphatic carbocycles. The lowest BCUT2D eigenvalue weighted by Crippen LogP contribution is -2.10. The molecule has 3 aromatic rings. The van der Waals surface area contributed by atoms with Crippen molar-refractivity contribution in [3.63, 3.8) is 0 Å². The minimum absolute atomic E-state index is 0.143. The van der Waals surface area contributed by atoms with Gasteiger partial charge in [0.2, 0.25) is 5.89 Å². The van der Waals surface area contributed by atoms with E-state index in [1.54, 1.807) is 0 Å². The van der Waals surface area contributed by atoms with Gasteiger partial charge in [0.15, 0.2) is 5.76 Å². The lowest BCUT2D eigenvalue weighted by atomic mass is 9.87. The van der Waals surface area contributed by atoms with Crippen LogP contribution in [-0.4, -0.2) is 12.0 Å². The Morgan fingerprint density at radius 2 is 1.52 bits per heavy atom. The largest absolute Gasteiger partial charge is 0.436 e. The van der Waals surface area contributed by atoms with Crippen molar-refractivity contribution in [1.29, 1.82) is 0 Å². The fourth-order valence-corrected chi connectivity index (χ4v) is 2.84. The van der Waals surface area contributed by atoms with Gasteiger partial charge in [-0.25, -0.2) is 4.98 Å². The zero-order valence-corrected chi connectivity index (χ0v) is 15.7. The van der Waals surface area contributed by atoms with Gasteiger partial charge in [0.05, 0.1) is 5.69 Å². The summed E-state index contributed by atoms with van der Waals surface area (Å²) in [6.07, 6.45) is 0.840. The van der Waals surface area contributed by atoms with Crippen LogP contribution in [0.25, 0.3) is 22.8 Å². The Kier molecular flexibility index (Phi) is 4.67. The molecule has 0 unspecified atom stereocenters. The van der Waals surface area contributed by atoms with E-state index in [9.17, 15) is 0 Å². The summed E-state index contributed by atoms with van der Waals surface area (Å²) < 4.78 is 6.15. The molecular formula is C22H26N2O. The Morgan fingerprint density at radius 1 is 0.920 bits per heavy atom. The summed E-state index contributed by atoms with van der Waals surface area (Å²) in [5, 5.41) is 3.14. The highest BCUT2D eigenvalue weighted by molar-refractivity contribution is 5.66. The van der Waals surface area contributed by atoms with Gasteiger partial charge in [-0.05, 0) is 53.8 Å². The monoisotopic (exact) mass is 334 g/mol. The standard InChI is InChI=1S/C22H26N2O/c1-6-19-20(15-9-13-18(23-5)14-10-15)25-21(24-19)16-7-11-17(12-8-16)22(2,3)4/h7-14,23H,6H2,1-5H3. The zero-order chi connectivity index (χ0) is 18.0. The van der Waals surface area contributed by atoms with Crippen LogP contribution in [0.5, 0.6) is 0 Å². The average molecular weight is 334 g/mol. The molecular weight excluding hydrogens is 308 g/mol. The lowest BCUT2D eigenvalue weighted by molar-refractivity contribution is 0.584. The number of nitrogens with one attached hydrogen (secondary N) is 1. The Labute approximate surface area is 150 Å². The van der Waals surface area contributed by atoms with Crippen LogP contribution < -0.4 is 5.32 Å². The van der Waals surface area contributed by atoms with Gasteiger partial charge >= 0.3 is 0 Å². The molecule has 0 atom stereocenters. The van der Waals surface area contributed by atoms with Crippen molar-refractivity contribution in [3.05, 3.63) is 59.8 Å². The van der Waals surface area contributed by atoms with Crippen LogP contribution in [0.3, 0.4) is 0 Å². The highest BCUT2D eigenvalue weighted by Gasteiger charge is 2.17. The molecule has 0 amide bonds. The molecule has 0 bridgehead atoms. The quantitative estimate of drug-likeness (QED) is 0.644. The first-order valence-corrected chi connectivity index (χ1v) is 8.81. The van der Waals surface area contributed by atoms with Gasteiger partial charge in [0.1, 0.15) is 0 Å². The molecule has 0 aliphatic rings. The molecule has 1 N–H and O–H groups in total. The average Bonchev–Trinajstić information content (AvgIpc) is 3.05. The second kappa shape index (κ2) is 6.75. The van der Waals surface area contributed by atoms with E-state index < -0.39 is 0 Å². The van der Waals surface area contributed by atoms with Crippen LogP contribution >= 0.6 is 0 Å². The number of hydrogen-bond acceptors (Lipinski definition) is 3. The maximum Gasteiger partial charge on any atom is 0.227 e. The second-order valence-corrected chi connectivity index (χ2v) is 7.30. The van der Waals surface area contributed by atoms with Crippen molar-refractivity contribution >= 4 is 5.69 Å². The Morgan fingerprint density at radius 3 is 2.04 bits per heavy atom. The minimum Gasteiger partial charge on any atom is -0.436 e. The first kappa shape index (κ1) is 17.3. The number of anilines is 1. The summed E-state index contributed by atoms with van der Waals surface area (Å²) in [6.45, 7) is 8.76. The second-order valence-electron chi connectivity index (χ2n) is 7.30. The van der Waals surface area contributed by atoms with Crippen LogP contribution in [0, 0.1) is 0 Å². The first-order chi connectivity index (χ1) is 11.9. The summed E-state index contributed by atoms with van der Waals surface area (Å²) in [6, 6.07) is 16.7. The van der Waals surface area contributed by atoms with Crippen LogP contribution in [0.4, 0.5) is 5.69 Å². The van der Waals surface area contributed by atoms with Gasteiger partial charge in [-0.1, -0.05) is 39.8 Å². The molecule has 130 valence electrons. The predicted octanol–water partition coefficient (Wildman–Crippen LogP) is 5.91. The predicted molar refractivity (Wildman–Crippen MR) is 105 cm³/mol.